The van der Waals surface area contributed by atoms with Crippen molar-refractivity contribution in [3.05, 3.63) is 86.6 Å². The monoisotopic (exact) mass is 400 g/mol. The Hall–Kier alpha value is -3.21. The normalized spacial score (nSPS) is 16.2. The fourth-order valence-corrected chi connectivity index (χ4v) is 4.68. The zero-order valence-electron chi connectivity index (χ0n) is 17.0. The maximum Gasteiger partial charge on any atom is 0.269 e. The van der Waals surface area contributed by atoms with E-state index in [1.54, 1.807) is 22.8 Å². The number of fused-ring (bicyclic) bond motifs is 2. The third-order valence-corrected chi connectivity index (χ3v) is 6.31. The predicted octanol–water partition coefficient (Wildman–Crippen LogP) is 5.16. The molecule has 0 amide bonds. The van der Waals surface area contributed by atoms with Gasteiger partial charge in [0.25, 0.3) is 5.56 Å². The first-order valence-corrected chi connectivity index (χ1v) is 10.7. The van der Waals surface area contributed by atoms with Crippen LogP contribution in [0.4, 0.5) is 0 Å². The van der Waals surface area contributed by atoms with Gasteiger partial charge in [-0.1, -0.05) is 61.7 Å². The number of nitrogens with zero attached hydrogens (tertiary/aromatic N) is 2. The Morgan fingerprint density at radius 2 is 1.67 bits per heavy atom. The van der Waals surface area contributed by atoms with E-state index in [9.17, 15) is 9.59 Å². The lowest BCUT2D eigenvalue weighted by molar-refractivity contribution is 0.401. The highest BCUT2D eigenvalue weighted by Crippen LogP contribution is 2.33. The van der Waals surface area contributed by atoms with Gasteiger partial charge >= 0.3 is 0 Å². The van der Waals surface area contributed by atoms with Crippen LogP contribution in [0.3, 0.4) is 0 Å². The van der Waals surface area contributed by atoms with Crippen LogP contribution in [0, 0.1) is 0 Å². The molecule has 0 saturated heterocycles. The van der Waals surface area contributed by atoms with Crippen LogP contribution in [-0.2, 0) is 0 Å². The van der Waals surface area contributed by atoms with E-state index >= 15 is 0 Å². The Balaban J connectivity index is 1.84. The maximum atomic E-state index is 13.7. The van der Waals surface area contributed by atoms with Crippen molar-refractivity contribution in [2.75, 3.05) is 0 Å². The molecule has 1 unspecified atom stereocenters. The third-order valence-electron chi connectivity index (χ3n) is 6.31. The van der Waals surface area contributed by atoms with E-state index in [2.05, 4.69) is 0 Å². The second-order valence-electron chi connectivity index (χ2n) is 8.17. The molecular weight excluding hydrogens is 376 g/mol. The molecule has 2 aromatic heterocycles. The van der Waals surface area contributed by atoms with Crippen LogP contribution in [0.5, 0.6) is 0 Å². The van der Waals surface area contributed by atoms with Crippen molar-refractivity contribution in [3.8, 4) is 0 Å². The summed E-state index contributed by atoms with van der Waals surface area (Å²) in [5.41, 5.74) is 1.01. The van der Waals surface area contributed by atoms with Gasteiger partial charge in [-0.05, 0) is 37.5 Å². The molecule has 2 aromatic carbocycles. The van der Waals surface area contributed by atoms with Crippen molar-refractivity contribution in [1.29, 1.82) is 0 Å². The Morgan fingerprint density at radius 3 is 2.43 bits per heavy atom. The van der Waals surface area contributed by atoms with Gasteiger partial charge in [-0.25, -0.2) is 0 Å². The largest absolute Gasteiger partial charge is 0.437 e. The van der Waals surface area contributed by atoms with Gasteiger partial charge in [0.05, 0.1) is 11.4 Å². The molecule has 5 rings (SSSR count). The zero-order valence-corrected chi connectivity index (χ0v) is 17.0. The van der Waals surface area contributed by atoms with Gasteiger partial charge in [0.15, 0.2) is 5.39 Å². The fourth-order valence-electron chi connectivity index (χ4n) is 4.68. The summed E-state index contributed by atoms with van der Waals surface area (Å²) in [5, 5.41) is 0.448. The van der Waals surface area contributed by atoms with Crippen LogP contribution in [0.15, 0.2) is 68.6 Å². The van der Waals surface area contributed by atoms with Crippen LogP contribution >= 0.6 is 0 Å². The van der Waals surface area contributed by atoms with E-state index in [1.165, 1.54) is 6.42 Å². The summed E-state index contributed by atoms with van der Waals surface area (Å²) in [4.78, 5) is 31.7. The second-order valence-corrected chi connectivity index (χ2v) is 8.17. The molecule has 4 aromatic rings. The second kappa shape index (κ2) is 7.56. The van der Waals surface area contributed by atoms with Gasteiger partial charge in [0.2, 0.25) is 11.1 Å². The topological polar surface area (TPSA) is 65.1 Å². The van der Waals surface area contributed by atoms with Crippen molar-refractivity contribution in [2.45, 2.75) is 51.0 Å². The highest BCUT2D eigenvalue weighted by molar-refractivity contribution is 5.87. The quantitative estimate of drug-likeness (QED) is 0.446. The highest BCUT2D eigenvalue weighted by Gasteiger charge is 2.27. The number of benzene rings is 2. The number of para-hydroxylation sites is 1. The minimum atomic E-state index is -0.312. The molecule has 1 atom stereocenters. The first kappa shape index (κ1) is 18.8. The third kappa shape index (κ3) is 3.05. The standard InChI is InChI=1S/C25H24N2O3/c1-16(17-10-4-2-5-11-17)27-23(18-12-6-3-7-13-18)26-24-21(25(27)29)22(28)19-14-8-9-15-20(19)30-24/h2,4-5,8-11,14-16,18H,3,6-7,12-13H2,1H3. The molecule has 0 aliphatic heterocycles. The van der Waals surface area contributed by atoms with Crippen molar-refractivity contribution >= 4 is 22.1 Å². The molecule has 0 spiro atoms. The molecule has 0 N–H and O–H groups in total. The minimum Gasteiger partial charge on any atom is -0.437 e. The summed E-state index contributed by atoms with van der Waals surface area (Å²) in [7, 11) is 0. The van der Waals surface area contributed by atoms with Gasteiger partial charge in [-0.2, -0.15) is 4.98 Å². The van der Waals surface area contributed by atoms with E-state index in [1.807, 2.05) is 43.3 Å². The molecule has 1 fully saturated rings. The summed E-state index contributed by atoms with van der Waals surface area (Å²) in [6.45, 7) is 2.00. The molecule has 0 radical (unpaired) electrons. The van der Waals surface area contributed by atoms with Gasteiger partial charge in [-0.15, -0.1) is 0 Å². The average Bonchev–Trinajstić information content (AvgIpc) is 2.79. The molecule has 1 saturated carbocycles. The molecule has 152 valence electrons. The first-order valence-electron chi connectivity index (χ1n) is 10.7. The smallest absolute Gasteiger partial charge is 0.269 e. The van der Waals surface area contributed by atoms with Gasteiger partial charge in [0.1, 0.15) is 11.4 Å². The molecule has 0 bridgehead atoms. The minimum absolute atomic E-state index is 0.0380. The summed E-state index contributed by atoms with van der Waals surface area (Å²) in [6, 6.07) is 16.7. The van der Waals surface area contributed by atoms with Crippen LogP contribution in [0.2, 0.25) is 0 Å². The van der Waals surface area contributed by atoms with Crippen molar-refractivity contribution < 1.29 is 4.42 Å². The molecule has 1 aliphatic rings. The van der Waals surface area contributed by atoms with Crippen LogP contribution < -0.4 is 11.0 Å². The van der Waals surface area contributed by atoms with E-state index in [4.69, 9.17) is 9.40 Å². The lowest BCUT2D eigenvalue weighted by Crippen LogP contribution is -2.33. The van der Waals surface area contributed by atoms with Gasteiger partial charge < -0.3 is 4.42 Å². The summed E-state index contributed by atoms with van der Waals surface area (Å²) in [5.74, 6) is 0.931. The molecular formula is C25H24N2O3. The fraction of sp³-hybridized carbons (Fsp3) is 0.320. The number of aromatic nitrogens is 2. The number of hydrogen-bond acceptors (Lipinski definition) is 4. The van der Waals surface area contributed by atoms with E-state index in [-0.39, 0.29) is 34.0 Å². The zero-order chi connectivity index (χ0) is 20.7. The van der Waals surface area contributed by atoms with E-state index in [0.29, 0.717) is 11.0 Å². The number of hydrogen-bond donors (Lipinski definition) is 0. The maximum absolute atomic E-state index is 13.7. The molecule has 30 heavy (non-hydrogen) atoms. The van der Waals surface area contributed by atoms with E-state index < -0.39 is 0 Å². The lowest BCUT2D eigenvalue weighted by Gasteiger charge is -2.27. The summed E-state index contributed by atoms with van der Waals surface area (Å²) >= 11 is 0. The molecule has 5 heteroatoms. The molecule has 2 heterocycles. The Kier molecular flexibility index (Phi) is 4.74. The van der Waals surface area contributed by atoms with Crippen molar-refractivity contribution in [1.82, 2.24) is 9.55 Å². The van der Waals surface area contributed by atoms with Crippen LogP contribution in [0.25, 0.3) is 22.1 Å². The number of rotatable bonds is 3. The predicted molar refractivity (Wildman–Crippen MR) is 118 cm³/mol. The van der Waals surface area contributed by atoms with Crippen LogP contribution in [-0.4, -0.2) is 9.55 Å². The van der Waals surface area contributed by atoms with Gasteiger partial charge in [-0.3, -0.25) is 14.2 Å². The van der Waals surface area contributed by atoms with E-state index in [0.717, 1.165) is 37.1 Å². The molecule has 1 aliphatic carbocycles. The Bertz CT molecular complexity index is 1330. The van der Waals surface area contributed by atoms with Gasteiger partial charge in [0, 0.05) is 5.92 Å². The molecule has 5 nitrogen and oxygen atoms in total. The Labute approximate surface area is 174 Å². The lowest BCUT2D eigenvalue weighted by atomic mass is 9.88. The summed E-state index contributed by atoms with van der Waals surface area (Å²) in [6.07, 6.45) is 5.46. The van der Waals surface area contributed by atoms with Crippen molar-refractivity contribution in [3.63, 3.8) is 0 Å². The SMILES string of the molecule is CC(c1ccccc1)n1c(C2CCCCC2)nc2oc3ccccc3c(=O)c2c1=O. The summed E-state index contributed by atoms with van der Waals surface area (Å²) < 4.78 is 7.69. The van der Waals surface area contributed by atoms with Crippen molar-refractivity contribution in [2.24, 2.45) is 0 Å². The average molecular weight is 400 g/mol. The highest BCUT2D eigenvalue weighted by atomic mass is 16.3. The first-order chi connectivity index (χ1) is 14.6. The van der Waals surface area contributed by atoms with Crippen LogP contribution in [0.1, 0.15) is 62.4 Å². The Morgan fingerprint density at radius 1 is 0.967 bits per heavy atom.